The van der Waals surface area contributed by atoms with Gasteiger partial charge in [-0.15, -0.1) is 0 Å². The lowest BCUT2D eigenvalue weighted by Gasteiger charge is -2.37. The highest BCUT2D eigenvalue weighted by Gasteiger charge is 2.24. The minimum Gasteiger partial charge on any atom is -0.368 e. The molecule has 0 bridgehead atoms. The van der Waals surface area contributed by atoms with Crippen LogP contribution in [-0.2, 0) is 0 Å². The van der Waals surface area contributed by atoms with Gasteiger partial charge in [-0.1, -0.05) is 0 Å². The molecule has 0 aromatic heterocycles. The Morgan fingerprint density at radius 3 is 2.23 bits per heavy atom. The van der Waals surface area contributed by atoms with Gasteiger partial charge in [0, 0.05) is 43.5 Å². The minimum atomic E-state index is -0.463. The van der Waals surface area contributed by atoms with Crippen LogP contribution >= 0.6 is 0 Å². The first-order valence-corrected chi connectivity index (χ1v) is 8.08. The number of primary amides is 1. The second kappa shape index (κ2) is 7.11. The standard InChI is InChI=1S/C18H17N5O3/c19-12-13-1-6-16(17(11-13)23(25)26)22-9-7-21(8-10-22)15-4-2-14(3-5-15)18(20)24/h1-6,11H,7-10H2,(H2,20,24). The van der Waals surface area contributed by atoms with Gasteiger partial charge in [0.05, 0.1) is 16.6 Å². The summed E-state index contributed by atoms with van der Waals surface area (Å²) in [5, 5.41) is 20.3. The molecule has 8 nitrogen and oxygen atoms in total. The Balaban J connectivity index is 1.73. The molecule has 2 aromatic rings. The van der Waals surface area contributed by atoms with Gasteiger partial charge < -0.3 is 15.5 Å². The Morgan fingerprint density at radius 2 is 1.69 bits per heavy atom. The quantitative estimate of drug-likeness (QED) is 0.664. The van der Waals surface area contributed by atoms with Crippen LogP contribution in [-0.4, -0.2) is 37.0 Å². The Hall–Kier alpha value is -3.60. The van der Waals surface area contributed by atoms with E-state index in [0.29, 0.717) is 37.4 Å². The summed E-state index contributed by atoms with van der Waals surface area (Å²) in [6.07, 6.45) is 0. The van der Waals surface area contributed by atoms with Gasteiger partial charge in [-0.25, -0.2) is 0 Å². The van der Waals surface area contributed by atoms with E-state index in [2.05, 4.69) is 4.90 Å². The van der Waals surface area contributed by atoms with Crippen LogP contribution in [0.3, 0.4) is 0 Å². The Labute approximate surface area is 150 Å². The second-order valence-electron chi connectivity index (χ2n) is 5.96. The van der Waals surface area contributed by atoms with Crippen LogP contribution in [0.5, 0.6) is 0 Å². The largest absolute Gasteiger partial charge is 0.368 e. The van der Waals surface area contributed by atoms with E-state index in [9.17, 15) is 14.9 Å². The number of benzene rings is 2. The molecular formula is C18H17N5O3. The third kappa shape index (κ3) is 3.42. The van der Waals surface area contributed by atoms with Crippen molar-refractivity contribution in [2.24, 2.45) is 5.73 Å². The fraction of sp³-hybridized carbons (Fsp3) is 0.222. The SMILES string of the molecule is N#Cc1ccc(N2CCN(c3ccc(C(N)=O)cc3)CC2)c([N+](=O)[O-])c1. The summed E-state index contributed by atoms with van der Waals surface area (Å²) >= 11 is 0. The predicted octanol–water partition coefficient (Wildman–Crippen LogP) is 1.89. The first kappa shape index (κ1) is 17.2. The highest BCUT2D eigenvalue weighted by atomic mass is 16.6. The highest BCUT2D eigenvalue weighted by Crippen LogP contribution is 2.30. The molecule has 132 valence electrons. The maximum absolute atomic E-state index is 11.3. The molecule has 0 atom stereocenters. The number of anilines is 2. The van der Waals surface area contributed by atoms with E-state index >= 15 is 0 Å². The summed E-state index contributed by atoms with van der Waals surface area (Å²) in [7, 11) is 0. The number of carbonyl (C=O) groups is 1. The van der Waals surface area contributed by atoms with Gasteiger partial charge in [-0.3, -0.25) is 14.9 Å². The lowest BCUT2D eigenvalue weighted by molar-refractivity contribution is -0.384. The van der Waals surface area contributed by atoms with Crippen LogP contribution < -0.4 is 15.5 Å². The minimum absolute atomic E-state index is 0.0525. The highest BCUT2D eigenvalue weighted by molar-refractivity contribution is 5.93. The molecule has 0 unspecified atom stereocenters. The van der Waals surface area contributed by atoms with E-state index < -0.39 is 10.8 Å². The maximum atomic E-state index is 11.3. The van der Waals surface area contributed by atoms with Gasteiger partial charge in [0.1, 0.15) is 5.69 Å². The van der Waals surface area contributed by atoms with Gasteiger partial charge in [-0.2, -0.15) is 5.26 Å². The molecule has 1 saturated heterocycles. The van der Waals surface area contributed by atoms with Crippen molar-refractivity contribution in [1.82, 2.24) is 0 Å². The topological polar surface area (TPSA) is 117 Å². The zero-order valence-corrected chi connectivity index (χ0v) is 14.0. The normalized spacial score (nSPS) is 14.0. The second-order valence-corrected chi connectivity index (χ2v) is 5.96. The average Bonchev–Trinajstić information content (AvgIpc) is 2.67. The zero-order chi connectivity index (χ0) is 18.7. The monoisotopic (exact) mass is 351 g/mol. The van der Waals surface area contributed by atoms with Crippen LogP contribution in [0.25, 0.3) is 0 Å². The molecule has 1 aliphatic rings. The summed E-state index contributed by atoms with van der Waals surface area (Å²) in [5.74, 6) is -0.463. The number of hydrogen-bond donors (Lipinski definition) is 1. The van der Waals surface area contributed by atoms with Crippen LogP contribution in [0.15, 0.2) is 42.5 Å². The Morgan fingerprint density at radius 1 is 1.08 bits per heavy atom. The van der Waals surface area contributed by atoms with Crippen molar-refractivity contribution in [2.75, 3.05) is 36.0 Å². The maximum Gasteiger partial charge on any atom is 0.293 e. The van der Waals surface area contributed by atoms with E-state index in [-0.39, 0.29) is 11.3 Å². The molecule has 1 aliphatic heterocycles. The number of piperazine rings is 1. The number of nitro benzene ring substituents is 1. The molecule has 0 spiro atoms. The lowest BCUT2D eigenvalue weighted by Crippen LogP contribution is -2.46. The summed E-state index contributed by atoms with van der Waals surface area (Å²) in [6.45, 7) is 2.61. The molecule has 2 aromatic carbocycles. The van der Waals surface area contributed by atoms with E-state index in [4.69, 9.17) is 11.0 Å². The van der Waals surface area contributed by atoms with Gasteiger partial charge in [0.2, 0.25) is 5.91 Å². The molecule has 2 N–H and O–H groups in total. The van der Waals surface area contributed by atoms with E-state index in [1.807, 2.05) is 23.1 Å². The smallest absolute Gasteiger partial charge is 0.293 e. The summed E-state index contributed by atoms with van der Waals surface area (Å²) in [4.78, 5) is 26.1. The van der Waals surface area contributed by atoms with Crippen molar-refractivity contribution >= 4 is 23.0 Å². The summed E-state index contributed by atoms with van der Waals surface area (Å²) < 4.78 is 0. The number of rotatable bonds is 4. The van der Waals surface area contributed by atoms with Crippen molar-refractivity contribution < 1.29 is 9.72 Å². The number of nitrogens with zero attached hydrogens (tertiary/aromatic N) is 4. The van der Waals surface area contributed by atoms with Gasteiger partial charge in [-0.05, 0) is 36.4 Å². The van der Waals surface area contributed by atoms with Gasteiger partial charge in [0.15, 0.2) is 0 Å². The molecule has 8 heteroatoms. The summed E-state index contributed by atoms with van der Waals surface area (Å²) in [6, 6.07) is 13.5. The molecule has 0 radical (unpaired) electrons. The van der Waals surface area contributed by atoms with E-state index in [1.54, 1.807) is 24.3 Å². The number of nitrogens with two attached hydrogens (primary N) is 1. The van der Waals surface area contributed by atoms with Gasteiger partial charge >= 0.3 is 0 Å². The van der Waals surface area contributed by atoms with E-state index in [0.717, 1.165) is 5.69 Å². The Kier molecular flexibility index (Phi) is 4.71. The summed E-state index contributed by atoms with van der Waals surface area (Å²) in [5.41, 5.74) is 7.43. The molecule has 3 rings (SSSR count). The fourth-order valence-electron chi connectivity index (χ4n) is 3.05. The number of nitro groups is 1. The third-order valence-corrected chi connectivity index (χ3v) is 4.44. The van der Waals surface area contributed by atoms with Crippen molar-refractivity contribution in [1.29, 1.82) is 5.26 Å². The number of carbonyl (C=O) groups excluding carboxylic acids is 1. The molecule has 1 amide bonds. The van der Waals surface area contributed by atoms with Crippen LogP contribution in [0.4, 0.5) is 17.1 Å². The average molecular weight is 351 g/mol. The molecule has 0 saturated carbocycles. The molecule has 1 heterocycles. The Bertz CT molecular complexity index is 881. The molecule has 1 fully saturated rings. The number of nitriles is 1. The molecule has 26 heavy (non-hydrogen) atoms. The predicted molar refractivity (Wildman–Crippen MR) is 97.2 cm³/mol. The van der Waals surface area contributed by atoms with Crippen LogP contribution in [0, 0.1) is 21.4 Å². The van der Waals surface area contributed by atoms with Gasteiger partial charge in [0.25, 0.3) is 5.69 Å². The number of hydrogen-bond acceptors (Lipinski definition) is 6. The molecule has 0 aliphatic carbocycles. The van der Waals surface area contributed by atoms with E-state index in [1.165, 1.54) is 6.07 Å². The van der Waals surface area contributed by atoms with Crippen LogP contribution in [0.2, 0.25) is 0 Å². The first-order valence-electron chi connectivity index (χ1n) is 8.08. The van der Waals surface area contributed by atoms with Crippen molar-refractivity contribution in [3.63, 3.8) is 0 Å². The lowest BCUT2D eigenvalue weighted by atomic mass is 10.1. The first-order chi connectivity index (χ1) is 12.5. The van der Waals surface area contributed by atoms with Crippen LogP contribution in [0.1, 0.15) is 15.9 Å². The fourth-order valence-corrected chi connectivity index (χ4v) is 3.05. The number of amides is 1. The third-order valence-electron chi connectivity index (χ3n) is 4.44. The zero-order valence-electron chi connectivity index (χ0n) is 14.0. The van der Waals surface area contributed by atoms with Crippen molar-refractivity contribution in [2.45, 2.75) is 0 Å². The van der Waals surface area contributed by atoms with Crippen molar-refractivity contribution in [3.05, 3.63) is 63.7 Å². The van der Waals surface area contributed by atoms with Crippen molar-refractivity contribution in [3.8, 4) is 6.07 Å². The molecular weight excluding hydrogens is 334 g/mol.